The number of hydrogen-bond donors (Lipinski definition) is 0. The van der Waals surface area contributed by atoms with Crippen molar-refractivity contribution in [2.24, 2.45) is 0 Å². The zero-order chi connectivity index (χ0) is 20.4. The van der Waals surface area contributed by atoms with Gasteiger partial charge in [-0.25, -0.2) is 9.97 Å². The molecule has 2 aromatic heterocycles. The van der Waals surface area contributed by atoms with Crippen molar-refractivity contribution < 1.29 is 4.79 Å². The zero-order valence-electron chi connectivity index (χ0n) is 16.2. The molecule has 0 bridgehead atoms. The maximum atomic E-state index is 11.5. The summed E-state index contributed by atoms with van der Waals surface area (Å²) >= 11 is 0. The van der Waals surface area contributed by atoms with E-state index in [0.717, 1.165) is 41.3 Å². The molecule has 144 valence electrons. The molecule has 1 aliphatic heterocycles. The number of anilines is 1. The Balaban J connectivity index is 1.55. The van der Waals surface area contributed by atoms with Crippen molar-refractivity contribution in [1.29, 1.82) is 0 Å². The van der Waals surface area contributed by atoms with Crippen molar-refractivity contribution >= 4 is 23.9 Å². The van der Waals surface area contributed by atoms with Gasteiger partial charge in [0.15, 0.2) is 5.78 Å². The summed E-state index contributed by atoms with van der Waals surface area (Å²) < 4.78 is 0. The summed E-state index contributed by atoms with van der Waals surface area (Å²) in [5.41, 5.74) is 5.09. The Bertz CT molecular complexity index is 1080. The van der Waals surface area contributed by atoms with Crippen LogP contribution in [0.15, 0.2) is 56.0 Å². The first-order valence-electron chi connectivity index (χ1n) is 9.40. The van der Waals surface area contributed by atoms with Crippen molar-refractivity contribution in [3.63, 3.8) is 0 Å². The van der Waals surface area contributed by atoms with Crippen LogP contribution in [0.1, 0.15) is 40.2 Å². The van der Waals surface area contributed by atoms with Gasteiger partial charge < -0.3 is 4.90 Å². The highest BCUT2D eigenvalue weighted by molar-refractivity contribution is 5.94. The topological polar surface area (TPSA) is 71.9 Å². The van der Waals surface area contributed by atoms with E-state index in [2.05, 4.69) is 38.0 Å². The molecule has 0 aliphatic carbocycles. The fourth-order valence-electron chi connectivity index (χ4n) is 3.42. The van der Waals surface area contributed by atoms with Crippen molar-refractivity contribution in [3.8, 4) is 11.3 Å². The van der Waals surface area contributed by atoms with Crippen molar-refractivity contribution in [2.45, 2.75) is 12.8 Å². The molecule has 3 heterocycles. The summed E-state index contributed by atoms with van der Waals surface area (Å²) in [5, 5.41) is 0. The fourth-order valence-corrected chi connectivity index (χ4v) is 3.42. The maximum absolute atomic E-state index is 11.5. The second-order valence-electron chi connectivity index (χ2n) is 6.94. The number of nitrogens with zero attached hydrogens (tertiary/aromatic N) is 5. The molecule has 0 unspecified atom stereocenters. The van der Waals surface area contributed by atoms with Crippen molar-refractivity contribution in [1.82, 2.24) is 19.9 Å². The summed E-state index contributed by atoms with van der Waals surface area (Å²) in [7, 11) is 0. The summed E-state index contributed by atoms with van der Waals surface area (Å²) in [6.07, 6.45) is 8.62. The highest BCUT2D eigenvalue weighted by atomic mass is 16.1. The van der Waals surface area contributed by atoms with Crippen molar-refractivity contribution in [3.05, 3.63) is 78.5 Å². The SMILES string of the molecule is C=Cc1cnc(N2CC(c3nccnc3-c3ccc(C(C)=O)cc3)C2)nc1C=C. The molecule has 29 heavy (non-hydrogen) atoms. The van der Waals surface area contributed by atoms with E-state index in [1.165, 1.54) is 0 Å². The molecule has 4 rings (SSSR count). The van der Waals surface area contributed by atoms with Gasteiger partial charge in [-0.05, 0) is 13.0 Å². The van der Waals surface area contributed by atoms with Gasteiger partial charge in [0, 0.05) is 54.3 Å². The Kier molecular flexibility index (Phi) is 4.99. The predicted octanol–water partition coefficient (Wildman–Crippen LogP) is 4.03. The van der Waals surface area contributed by atoms with Crippen LogP contribution in [0.3, 0.4) is 0 Å². The average Bonchev–Trinajstić information content (AvgIpc) is 2.73. The number of carbonyl (C=O) groups excluding carboxylic acids is 1. The predicted molar refractivity (Wildman–Crippen MR) is 115 cm³/mol. The number of benzene rings is 1. The number of carbonyl (C=O) groups is 1. The average molecular weight is 383 g/mol. The van der Waals surface area contributed by atoms with Crippen LogP contribution in [0.4, 0.5) is 5.95 Å². The van der Waals surface area contributed by atoms with Crippen LogP contribution >= 0.6 is 0 Å². The molecule has 0 spiro atoms. The lowest BCUT2D eigenvalue weighted by molar-refractivity contribution is 0.101. The minimum absolute atomic E-state index is 0.0481. The van der Waals surface area contributed by atoms with E-state index in [1.54, 1.807) is 37.7 Å². The van der Waals surface area contributed by atoms with Gasteiger partial charge >= 0.3 is 0 Å². The lowest BCUT2D eigenvalue weighted by Crippen LogP contribution is -2.46. The molecule has 6 heteroatoms. The Morgan fingerprint density at radius 2 is 1.79 bits per heavy atom. The van der Waals surface area contributed by atoms with E-state index in [1.807, 2.05) is 24.3 Å². The quantitative estimate of drug-likeness (QED) is 0.599. The van der Waals surface area contributed by atoms with Gasteiger partial charge in [-0.15, -0.1) is 0 Å². The van der Waals surface area contributed by atoms with Crippen molar-refractivity contribution in [2.75, 3.05) is 18.0 Å². The normalized spacial score (nSPS) is 13.6. The standard InChI is InChI=1S/C23H21N5O/c1-4-16-12-26-23(27-20(16)5-2)28-13-19(14-28)22-21(24-10-11-25-22)18-8-6-17(7-9-18)15(3)29/h4-12,19H,1-2,13-14H2,3H3. The van der Waals surface area contributed by atoms with Gasteiger partial charge in [-0.2, -0.15) is 0 Å². The molecule has 0 atom stereocenters. The molecule has 0 radical (unpaired) electrons. The third-order valence-corrected chi connectivity index (χ3v) is 5.09. The van der Waals surface area contributed by atoms with E-state index in [-0.39, 0.29) is 11.7 Å². The molecule has 1 aliphatic rings. The van der Waals surface area contributed by atoms with E-state index >= 15 is 0 Å². The van der Waals surface area contributed by atoms with Gasteiger partial charge in [0.1, 0.15) is 0 Å². The zero-order valence-corrected chi connectivity index (χ0v) is 16.2. The summed E-state index contributed by atoms with van der Waals surface area (Å²) in [6.45, 7) is 10.7. The first-order valence-corrected chi connectivity index (χ1v) is 9.40. The molecule has 6 nitrogen and oxygen atoms in total. The number of rotatable bonds is 6. The fraction of sp³-hybridized carbons (Fsp3) is 0.174. The Morgan fingerprint density at radius 1 is 1.07 bits per heavy atom. The van der Waals surface area contributed by atoms with Crippen LogP contribution in [0.25, 0.3) is 23.4 Å². The van der Waals surface area contributed by atoms with E-state index < -0.39 is 0 Å². The summed E-state index contributed by atoms with van der Waals surface area (Å²) in [4.78, 5) is 31.8. The molecule has 0 N–H and O–H groups in total. The van der Waals surface area contributed by atoms with Crippen LogP contribution in [0.2, 0.25) is 0 Å². The summed E-state index contributed by atoms with van der Waals surface area (Å²) in [5.74, 6) is 0.964. The lowest BCUT2D eigenvalue weighted by Gasteiger charge is -2.39. The summed E-state index contributed by atoms with van der Waals surface area (Å²) in [6, 6.07) is 7.51. The molecule has 3 aromatic rings. The van der Waals surface area contributed by atoms with Gasteiger partial charge in [-0.3, -0.25) is 14.8 Å². The molecule has 1 aromatic carbocycles. The monoisotopic (exact) mass is 383 g/mol. The van der Waals surface area contributed by atoms with E-state index in [9.17, 15) is 4.79 Å². The van der Waals surface area contributed by atoms with Crippen LogP contribution < -0.4 is 4.90 Å². The Morgan fingerprint density at radius 3 is 2.45 bits per heavy atom. The second-order valence-corrected chi connectivity index (χ2v) is 6.94. The third-order valence-electron chi connectivity index (χ3n) is 5.09. The Labute approximate surface area is 169 Å². The van der Waals surface area contributed by atoms with E-state index in [4.69, 9.17) is 0 Å². The molecule has 1 saturated heterocycles. The lowest BCUT2D eigenvalue weighted by atomic mass is 9.92. The third kappa shape index (κ3) is 3.57. The number of hydrogen-bond acceptors (Lipinski definition) is 6. The van der Waals surface area contributed by atoms with Gasteiger partial charge in [-0.1, -0.05) is 43.5 Å². The number of ketones is 1. The smallest absolute Gasteiger partial charge is 0.225 e. The minimum atomic E-state index is 0.0481. The van der Waals surface area contributed by atoms with E-state index in [0.29, 0.717) is 11.5 Å². The highest BCUT2D eigenvalue weighted by Crippen LogP contribution is 2.33. The van der Waals surface area contributed by atoms with Gasteiger partial charge in [0.25, 0.3) is 0 Å². The maximum Gasteiger partial charge on any atom is 0.225 e. The van der Waals surface area contributed by atoms with Crippen LogP contribution in [-0.4, -0.2) is 38.8 Å². The Hall–Kier alpha value is -3.67. The van der Waals surface area contributed by atoms with Gasteiger partial charge in [0.05, 0.1) is 17.1 Å². The minimum Gasteiger partial charge on any atom is -0.339 e. The molecular formula is C23H21N5O. The van der Waals surface area contributed by atoms with Gasteiger partial charge in [0.2, 0.25) is 5.95 Å². The van der Waals surface area contributed by atoms with Crippen LogP contribution in [0, 0.1) is 0 Å². The molecular weight excluding hydrogens is 362 g/mol. The highest BCUT2D eigenvalue weighted by Gasteiger charge is 2.33. The molecule has 0 saturated carbocycles. The second kappa shape index (κ2) is 7.75. The number of Topliss-reactive ketones (excluding diaryl/α,β-unsaturated/α-hetero) is 1. The molecule has 0 amide bonds. The number of aromatic nitrogens is 4. The molecule has 1 fully saturated rings. The first kappa shape index (κ1) is 18.7. The first-order chi connectivity index (χ1) is 14.1. The van der Waals surface area contributed by atoms with Crippen LogP contribution in [0.5, 0.6) is 0 Å². The van der Waals surface area contributed by atoms with Crippen LogP contribution in [-0.2, 0) is 0 Å². The largest absolute Gasteiger partial charge is 0.339 e.